The van der Waals surface area contributed by atoms with Crippen LogP contribution in [0.1, 0.15) is 27.2 Å². The maximum atomic E-state index is 11.7. The van der Waals surface area contributed by atoms with Crippen molar-refractivity contribution in [1.82, 2.24) is 9.97 Å². The monoisotopic (exact) mass is 412 g/mol. The Labute approximate surface area is 173 Å². The zero-order chi connectivity index (χ0) is 21.0. The van der Waals surface area contributed by atoms with Crippen LogP contribution in [-0.2, 0) is 0 Å². The number of hydrogen-bond donors (Lipinski definition) is 2. The average Bonchev–Trinajstić information content (AvgIpc) is 3.13. The van der Waals surface area contributed by atoms with Gasteiger partial charge in [0, 0.05) is 18.8 Å². The van der Waals surface area contributed by atoms with E-state index in [2.05, 4.69) is 30.7 Å². The number of amides is 1. The fourth-order valence-corrected chi connectivity index (χ4v) is 3.44. The first-order chi connectivity index (χ1) is 13.7. The summed E-state index contributed by atoms with van der Waals surface area (Å²) in [6.07, 6.45) is 3.00. The van der Waals surface area contributed by atoms with Crippen molar-refractivity contribution in [2.75, 3.05) is 17.2 Å². The van der Waals surface area contributed by atoms with Crippen molar-refractivity contribution in [1.29, 1.82) is 0 Å². The molecule has 0 radical (unpaired) electrons. The molecule has 2 heterocycles. The predicted octanol–water partition coefficient (Wildman–Crippen LogP) is 5.50. The summed E-state index contributed by atoms with van der Waals surface area (Å²) >= 11 is 1.35. The maximum absolute atomic E-state index is 11.7. The van der Waals surface area contributed by atoms with Crippen LogP contribution in [0.4, 0.5) is 15.6 Å². The van der Waals surface area contributed by atoms with Crippen molar-refractivity contribution < 1.29 is 14.6 Å². The first-order valence-corrected chi connectivity index (χ1v) is 9.99. The van der Waals surface area contributed by atoms with Crippen molar-refractivity contribution in [3.8, 4) is 22.1 Å². The van der Waals surface area contributed by atoms with E-state index in [4.69, 9.17) is 10.5 Å². The number of anilines is 2. The third-order valence-corrected chi connectivity index (χ3v) is 5.23. The lowest BCUT2D eigenvalue weighted by Crippen LogP contribution is -2.32. The highest BCUT2D eigenvalue weighted by molar-refractivity contribution is 7.19. The molecule has 0 spiro atoms. The summed E-state index contributed by atoms with van der Waals surface area (Å²) in [5.74, 6) is 1.11. The molecule has 29 heavy (non-hydrogen) atoms. The molecule has 1 amide bonds. The number of carbonyl (C=O) groups is 1. The van der Waals surface area contributed by atoms with Crippen molar-refractivity contribution in [2.45, 2.75) is 27.2 Å². The molecule has 0 unspecified atom stereocenters. The molecule has 3 rings (SSSR count). The minimum absolute atomic E-state index is 0.0446. The Morgan fingerprint density at radius 3 is 2.45 bits per heavy atom. The van der Waals surface area contributed by atoms with Crippen molar-refractivity contribution in [3.05, 3.63) is 48.8 Å². The van der Waals surface area contributed by atoms with Gasteiger partial charge in [-0.2, -0.15) is 0 Å². The van der Waals surface area contributed by atoms with E-state index in [1.54, 1.807) is 18.3 Å². The van der Waals surface area contributed by atoms with Crippen LogP contribution in [0.25, 0.3) is 10.4 Å². The van der Waals surface area contributed by atoms with Gasteiger partial charge >= 0.3 is 6.09 Å². The Balaban J connectivity index is 1.72. The van der Waals surface area contributed by atoms with Gasteiger partial charge in [0.2, 0.25) is 5.88 Å². The lowest BCUT2D eigenvalue weighted by atomic mass is 9.92. The Kier molecular flexibility index (Phi) is 6.03. The number of benzene rings is 1. The van der Waals surface area contributed by atoms with Gasteiger partial charge in [0.15, 0.2) is 5.13 Å². The maximum Gasteiger partial charge on any atom is 0.413 e. The molecular formula is C21H24N4O3S. The van der Waals surface area contributed by atoms with Crippen LogP contribution in [0, 0.1) is 5.41 Å². The second-order valence-electron chi connectivity index (χ2n) is 7.81. The van der Waals surface area contributed by atoms with Gasteiger partial charge in [-0.05, 0) is 47.7 Å². The second kappa shape index (κ2) is 8.48. The van der Waals surface area contributed by atoms with Gasteiger partial charge < -0.3 is 15.6 Å². The number of pyridine rings is 1. The van der Waals surface area contributed by atoms with Crippen LogP contribution in [0.2, 0.25) is 0 Å². The largest absolute Gasteiger partial charge is 0.465 e. The van der Waals surface area contributed by atoms with Crippen LogP contribution in [-0.4, -0.2) is 27.7 Å². The highest BCUT2D eigenvalue weighted by Gasteiger charge is 2.21. The molecule has 0 saturated carbocycles. The molecule has 1 aromatic carbocycles. The summed E-state index contributed by atoms with van der Waals surface area (Å²) in [4.78, 5) is 22.3. The molecule has 3 N–H and O–H groups in total. The average molecular weight is 413 g/mol. The van der Waals surface area contributed by atoms with Crippen molar-refractivity contribution in [3.63, 3.8) is 0 Å². The summed E-state index contributed by atoms with van der Waals surface area (Å²) in [6, 6.07) is 10.9. The molecule has 7 nitrogen and oxygen atoms in total. The van der Waals surface area contributed by atoms with Crippen LogP contribution >= 0.6 is 11.3 Å². The summed E-state index contributed by atoms with van der Waals surface area (Å²) < 4.78 is 5.70. The van der Waals surface area contributed by atoms with E-state index in [0.29, 0.717) is 29.0 Å². The molecule has 0 fully saturated rings. The van der Waals surface area contributed by atoms with Gasteiger partial charge in [0.1, 0.15) is 5.75 Å². The van der Waals surface area contributed by atoms with Crippen molar-refractivity contribution in [2.24, 2.45) is 5.41 Å². The molecule has 152 valence electrons. The van der Waals surface area contributed by atoms with Crippen LogP contribution in [0.15, 0.2) is 48.8 Å². The van der Waals surface area contributed by atoms with Gasteiger partial charge in [-0.1, -0.05) is 32.1 Å². The zero-order valence-electron chi connectivity index (χ0n) is 16.6. The van der Waals surface area contributed by atoms with E-state index in [1.807, 2.05) is 24.3 Å². The molecule has 0 atom stereocenters. The first kappa shape index (κ1) is 20.6. The molecule has 0 aliphatic carbocycles. The number of nitrogens with two attached hydrogens (primary N) is 1. The number of carboxylic acid groups (broad SMARTS) is 1. The Bertz CT molecular complexity index is 963. The molecule has 8 heteroatoms. The minimum atomic E-state index is -0.991. The van der Waals surface area contributed by atoms with E-state index < -0.39 is 6.09 Å². The molecular weight excluding hydrogens is 388 g/mol. The quantitative estimate of drug-likeness (QED) is 0.554. The molecule has 0 bridgehead atoms. The Hall–Kier alpha value is -3.13. The first-order valence-electron chi connectivity index (χ1n) is 9.17. The highest BCUT2D eigenvalue weighted by atomic mass is 32.1. The SMILES string of the molecule is CC(C)(C)CCN(C(=O)O)c1ncc(-c2ccc(Oc3ccc(N)cn3)cc2)s1. The normalized spacial score (nSPS) is 11.3. The van der Waals surface area contributed by atoms with Gasteiger partial charge in [-0.3, -0.25) is 4.90 Å². The number of aromatic nitrogens is 2. The number of thiazole rings is 1. The van der Waals surface area contributed by atoms with Gasteiger partial charge in [0.05, 0.1) is 16.8 Å². The number of rotatable bonds is 6. The Morgan fingerprint density at radius 2 is 1.86 bits per heavy atom. The lowest BCUT2D eigenvalue weighted by molar-refractivity contribution is 0.200. The van der Waals surface area contributed by atoms with Gasteiger partial charge in [0.25, 0.3) is 0 Å². The Morgan fingerprint density at radius 1 is 1.14 bits per heavy atom. The fraction of sp³-hybridized carbons (Fsp3) is 0.286. The van der Waals surface area contributed by atoms with E-state index in [9.17, 15) is 9.90 Å². The van der Waals surface area contributed by atoms with Crippen LogP contribution in [0.3, 0.4) is 0 Å². The van der Waals surface area contributed by atoms with E-state index in [-0.39, 0.29) is 5.41 Å². The summed E-state index contributed by atoms with van der Waals surface area (Å²) in [5, 5.41) is 10.0. The van der Waals surface area contributed by atoms with Crippen LogP contribution in [0.5, 0.6) is 11.6 Å². The molecule has 3 aromatic rings. The summed E-state index contributed by atoms with van der Waals surface area (Å²) in [5.41, 5.74) is 7.18. The van der Waals surface area contributed by atoms with Crippen LogP contribution < -0.4 is 15.4 Å². The standard InChI is InChI=1S/C21H24N4O3S/c1-21(2,3)10-11-25(20(26)27)19-24-13-17(29-19)14-4-7-16(8-5-14)28-18-9-6-15(22)12-23-18/h4-9,12-13H,10-11,22H2,1-3H3,(H,26,27). The fourth-order valence-electron chi connectivity index (χ4n) is 2.50. The minimum Gasteiger partial charge on any atom is -0.465 e. The van der Waals surface area contributed by atoms with Gasteiger partial charge in [-0.25, -0.2) is 14.8 Å². The third-order valence-electron chi connectivity index (χ3n) is 4.16. The predicted molar refractivity (Wildman–Crippen MR) is 116 cm³/mol. The second-order valence-corrected chi connectivity index (χ2v) is 8.82. The number of nitrogens with zero attached hydrogens (tertiary/aromatic N) is 3. The van der Waals surface area contributed by atoms with Crippen molar-refractivity contribution >= 4 is 28.2 Å². The third kappa shape index (κ3) is 5.68. The molecule has 0 aliphatic rings. The highest BCUT2D eigenvalue weighted by Crippen LogP contribution is 2.33. The number of nitrogen functional groups attached to an aromatic ring is 1. The van der Waals surface area contributed by atoms with Gasteiger partial charge in [-0.15, -0.1) is 0 Å². The molecule has 2 aromatic heterocycles. The topological polar surface area (TPSA) is 102 Å². The summed E-state index contributed by atoms with van der Waals surface area (Å²) in [7, 11) is 0. The lowest BCUT2D eigenvalue weighted by Gasteiger charge is -2.22. The molecule has 0 saturated heterocycles. The van der Waals surface area contributed by atoms with E-state index in [1.165, 1.54) is 22.4 Å². The zero-order valence-corrected chi connectivity index (χ0v) is 17.4. The number of hydrogen-bond acceptors (Lipinski definition) is 6. The molecule has 0 aliphatic heterocycles. The summed E-state index contributed by atoms with van der Waals surface area (Å²) in [6.45, 7) is 6.67. The number of ether oxygens (including phenoxy) is 1. The smallest absolute Gasteiger partial charge is 0.413 e. The van der Waals surface area contributed by atoms with E-state index >= 15 is 0 Å². The van der Waals surface area contributed by atoms with E-state index in [0.717, 1.165) is 16.9 Å².